The van der Waals surface area contributed by atoms with Gasteiger partial charge in [0.2, 0.25) is 0 Å². The summed E-state index contributed by atoms with van der Waals surface area (Å²) in [4.78, 5) is 5.45. The highest BCUT2D eigenvalue weighted by Crippen LogP contribution is 2.46. The van der Waals surface area contributed by atoms with E-state index in [9.17, 15) is 4.39 Å². The van der Waals surface area contributed by atoms with Gasteiger partial charge in [-0.1, -0.05) is 24.3 Å². The van der Waals surface area contributed by atoms with Crippen LogP contribution in [-0.4, -0.2) is 4.98 Å². The monoisotopic (exact) mass is 402 g/mol. The smallest absolute Gasteiger partial charge is 0.140 e. The number of nitrogens with zero attached hydrogens (tertiary/aromatic N) is 1. The lowest BCUT2D eigenvalue weighted by Gasteiger charge is -2.13. The number of benzene rings is 2. The lowest BCUT2D eigenvalue weighted by molar-refractivity contribution is 0.616. The van der Waals surface area contributed by atoms with E-state index >= 15 is 0 Å². The summed E-state index contributed by atoms with van der Waals surface area (Å²) in [6, 6.07) is 11.9. The summed E-state index contributed by atoms with van der Waals surface area (Å²) in [5, 5.41) is 2.43. The number of nitrogens with one attached hydrogen (secondary N) is 1. The molecular weight excluding hydrogens is 387 g/mol. The molecule has 1 aliphatic rings. The molecule has 1 heterocycles. The molecule has 3 aromatic rings. The molecule has 1 fully saturated rings. The highest BCUT2D eigenvalue weighted by molar-refractivity contribution is 9.10. The van der Waals surface area contributed by atoms with Gasteiger partial charge in [0.05, 0.1) is 4.47 Å². The molecule has 24 heavy (non-hydrogen) atoms. The molecule has 0 radical (unpaired) electrons. The van der Waals surface area contributed by atoms with E-state index in [0.717, 1.165) is 16.3 Å². The Morgan fingerprint density at radius 2 is 2.04 bits per heavy atom. The van der Waals surface area contributed by atoms with Crippen LogP contribution in [0.5, 0.6) is 0 Å². The van der Waals surface area contributed by atoms with E-state index in [1.807, 2.05) is 25.3 Å². The average Bonchev–Trinajstić information content (AvgIpc) is 3.42. The molecule has 0 aliphatic heterocycles. The maximum atomic E-state index is 13.9. The second-order valence-corrected chi connectivity index (χ2v) is 7.79. The second kappa shape index (κ2) is 6.37. The van der Waals surface area contributed by atoms with Crippen LogP contribution < -0.4 is 4.72 Å². The standard InChI is InChI=1S/C19H16BrFN2S/c1-11-8-14(9-16(21)18(11)20)24-23-19-17(12-6-7-12)15-5-3-2-4-13(15)10-22-19/h2-5,8-10,12H,6-7H2,1H3,(H,22,23). The molecular formula is C19H16BrFN2S. The molecule has 0 spiro atoms. The van der Waals surface area contributed by atoms with Gasteiger partial charge in [-0.25, -0.2) is 9.37 Å². The molecule has 0 unspecified atom stereocenters. The van der Waals surface area contributed by atoms with Crippen LogP contribution in [0.1, 0.15) is 29.9 Å². The fourth-order valence-electron chi connectivity index (χ4n) is 2.91. The first-order valence-electron chi connectivity index (χ1n) is 7.89. The molecule has 1 aromatic heterocycles. The van der Waals surface area contributed by atoms with Gasteiger partial charge >= 0.3 is 0 Å². The van der Waals surface area contributed by atoms with Gasteiger partial charge in [-0.3, -0.25) is 0 Å². The van der Waals surface area contributed by atoms with E-state index in [1.54, 1.807) is 0 Å². The third-order valence-electron chi connectivity index (χ3n) is 4.27. The van der Waals surface area contributed by atoms with E-state index < -0.39 is 0 Å². The number of halogens is 2. The van der Waals surface area contributed by atoms with Gasteiger partial charge in [0, 0.05) is 22.0 Å². The largest absolute Gasteiger partial charge is 0.310 e. The Kier molecular flexibility index (Phi) is 4.22. The Bertz CT molecular complexity index is 901. The minimum atomic E-state index is -0.242. The first-order valence-corrected chi connectivity index (χ1v) is 9.50. The third kappa shape index (κ3) is 3.03. The fraction of sp³-hybridized carbons (Fsp3) is 0.211. The molecule has 1 saturated carbocycles. The Morgan fingerprint density at radius 1 is 1.25 bits per heavy atom. The summed E-state index contributed by atoms with van der Waals surface area (Å²) in [6.07, 6.45) is 4.32. The summed E-state index contributed by atoms with van der Waals surface area (Å²) >= 11 is 4.66. The highest BCUT2D eigenvalue weighted by Gasteiger charge is 2.28. The molecule has 1 aliphatic carbocycles. The fourth-order valence-corrected chi connectivity index (χ4v) is 3.92. The van der Waals surface area contributed by atoms with Crippen LogP contribution in [0.2, 0.25) is 0 Å². The summed E-state index contributed by atoms with van der Waals surface area (Å²) in [5.74, 6) is 1.23. The van der Waals surface area contributed by atoms with Crippen molar-refractivity contribution in [3.05, 3.63) is 64.0 Å². The van der Waals surface area contributed by atoms with E-state index in [-0.39, 0.29) is 5.82 Å². The third-order valence-corrected chi connectivity index (χ3v) is 6.04. The summed E-state index contributed by atoms with van der Waals surface area (Å²) in [6.45, 7) is 1.89. The van der Waals surface area contributed by atoms with Gasteiger partial charge in [-0.05, 0) is 76.6 Å². The molecule has 122 valence electrons. The minimum Gasteiger partial charge on any atom is -0.310 e. The first kappa shape index (κ1) is 15.9. The molecule has 0 saturated heterocycles. The Morgan fingerprint density at radius 3 is 2.79 bits per heavy atom. The highest BCUT2D eigenvalue weighted by atomic mass is 79.9. The van der Waals surface area contributed by atoms with Gasteiger partial charge in [0.15, 0.2) is 0 Å². The predicted molar refractivity (Wildman–Crippen MR) is 102 cm³/mol. The van der Waals surface area contributed by atoms with E-state index in [4.69, 9.17) is 0 Å². The molecule has 2 nitrogen and oxygen atoms in total. The Hall–Kier alpha value is -1.59. The SMILES string of the molecule is Cc1cc(SNc2ncc3ccccc3c2C2CC2)cc(F)c1Br. The maximum Gasteiger partial charge on any atom is 0.140 e. The molecule has 5 heteroatoms. The van der Waals surface area contributed by atoms with E-state index in [1.165, 1.54) is 47.2 Å². The number of rotatable bonds is 4. The lowest BCUT2D eigenvalue weighted by Crippen LogP contribution is -1.98. The number of aromatic nitrogens is 1. The number of hydrogen-bond acceptors (Lipinski definition) is 3. The van der Waals surface area contributed by atoms with Crippen molar-refractivity contribution in [1.29, 1.82) is 0 Å². The zero-order valence-corrected chi connectivity index (χ0v) is 15.5. The van der Waals surface area contributed by atoms with Crippen LogP contribution in [0.25, 0.3) is 10.8 Å². The van der Waals surface area contributed by atoms with Crippen LogP contribution in [0.3, 0.4) is 0 Å². The minimum absolute atomic E-state index is 0.242. The second-order valence-electron chi connectivity index (χ2n) is 6.12. The first-order chi connectivity index (χ1) is 11.6. The van der Waals surface area contributed by atoms with Crippen molar-refractivity contribution < 1.29 is 4.39 Å². The molecule has 2 aromatic carbocycles. The predicted octanol–water partition coefficient (Wildman–Crippen LogP) is 6.44. The van der Waals surface area contributed by atoms with Crippen LogP contribution in [0.4, 0.5) is 10.2 Å². The quantitative estimate of drug-likeness (QED) is 0.508. The van der Waals surface area contributed by atoms with Gasteiger partial charge in [-0.15, -0.1) is 0 Å². The van der Waals surface area contributed by atoms with Crippen molar-refractivity contribution in [2.75, 3.05) is 4.72 Å². The van der Waals surface area contributed by atoms with Crippen LogP contribution in [0.15, 0.2) is 52.0 Å². The Balaban J connectivity index is 1.66. The van der Waals surface area contributed by atoms with Gasteiger partial charge in [0.1, 0.15) is 11.6 Å². The van der Waals surface area contributed by atoms with Gasteiger partial charge < -0.3 is 4.72 Å². The lowest BCUT2D eigenvalue weighted by atomic mass is 10.0. The zero-order chi connectivity index (χ0) is 16.7. The number of pyridine rings is 1. The molecule has 0 atom stereocenters. The number of anilines is 1. The molecule has 1 N–H and O–H groups in total. The molecule has 4 rings (SSSR count). The van der Waals surface area contributed by atoms with Gasteiger partial charge in [-0.2, -0.15) is 0 Å². The van der Waals surface area contributed by atoms with Crippen molar-refractivity contribution in [2.24, 2.45) is 0 Å². The summed E-state index contributed by atoms with van der Waals surface area (Å²) in [7, 11) is 0. The molecule has 0 bridgehead atoms. The Labute approximate surface area is 153 Å². The van der Waals surface area contributed by atoms with Crippen LogP contribution in [0, 0.1) is 12.7 Å². The van der Waals surface area contributed by atoms with Crippen molar-refractivity contribution in [1.82, 2.24) is 4.98 Å². The maximum absolute atomic E-state index is 13.9. The number of hydrogen-bond donors (Lipinski definition) is 1. The number of fused-ring (bicyclic) bond motifs is 1. The van der Waals surface area contributed by atoms with Crippen molar-refractivity contribution >= 4 is 44.5 Å². The van der Waals surface area contributed by atoms with Crippen LogP contribution in [-0.2, 0) is 0 Å². The normalized spacial score (nSPS) is 14.1. The summed E-state index contributed by atoms with van der Waals surface area (Å²) < 4.78 is 17.8. The van der Waals surface area contributed by atoms with Gasteiger partial charge in [0.25, 0.3) is 0 Å². The van der Waals surface area contributed by atoms with E-state index in [2.05, 4.69) is 43.8 Å². The van der Waals surface area contributed by atoms with E-state index in [0.29, 0.717) is 10.4 Å². The summed E-state index contributed by atoms with van der Waals surface area (Å²) in [5.41, 5.74) is 2.17. The van der Waals surface area contributed by atoms with Crippen molar-refractivity contribution in [3.8, 4) is 0 Å². The number of aryl methyl sites for hydroxylation is 1. The van der Waals surface area contributed by atoms with Crippen molar-refractivity contribution in [3.63, 3.8) is 0 Å². The van der Waals surface area contributed by atoms with Crippen LogP contribution >= 0.6 is 27.9 Å². The molecule has 0 amide bonds. The zero-order valence-electron chi connectivity index (χ0n) is 13.1. The average molecular weight is 403 g/mol. The van der Waals surface area contributed by atoms with Crippen molar-refractivity contribution in [2.45, 2.75) is 30.6 Å². The topological polar surface area (TPSA) is 24.9 Å².